The van der Waals surface area contributed by atoms with Gasteiger partial charge < -0.3 is 10.2 Å². The molecule has 0 spiro atoms. The Bertz CT molecular complexity index is 883. The van der Waals surface area contributed by atoms with Gasteiger partial charge in [-0.1, -0.05) is 79.9 Å². The van der Waals surface area contributed by atoms with Crippen molar-refractivity contribution in [1.82, 2.24) is 10.2 Å². The lowest BCUT2D eigenvalue weighted by Crippen LogP contribution is -2.50. The monoisotopic (exact) mass is 448 g/mol. The summed E-state index contributed by atoms with van der Waals surface area (Å²) in [4.78, 5) is 27.9. The highest BCUT2D eigenvalue weighted by molar-refractivity contribution is 6.35. The van der Waals surface area contributed by atoms with E-state index >= 15 is 0 Å². The first kappa shape index (κ1) is 24.2. The molecule has 0 aliphatic carbocycles. The van der Waals surface area contributed by atoms with Crippen molar-refractivity contribution in [2.24, 2.45) is 5.92 Å². The third kappa shape index (κ3) is 7.03. The van der Waals surface area contributed by atoms with Gasteiger partial charge in [0.15, 0.2) is 0 Å². The lowest BCUT2D eigenvalue weighted by molar-refractivity contribution is -0.141. The highest BCUT2D eigenvalue weighted by Crippen LogP contribution is 2.24. The van der Waals surface area contributed by atoms with Crippen molar-refractivity contribution in [3.63, 3.8) is 0 Å². The fourth-order valence-electron chi connectivity index (χ4n) is 3.27. The molecule has 30 heavy (non-hydrogen) atoms. The van der Waals surface area contributed by atoms with Gasteiger partial charge in [0.2, 0.25) is 11.8 Å². The number of carbonyl (C=O) groups is 2. The number of hydrogen-bond donors (Lipinski definition) is 1. The van der Waals surface area contributed by atoms with Crippen molar-refractivity contribution in [3.8, 4) is 0 Å². The molecule has 0 saturated heterocycles. The second-order valence-corrected chi connectivity index (χ2v) is 8.83. The third-order valence-electron chi connectivity index (χ3n) is 4.86. The third-order valence-corrected chi connectivity index (χ3v) is 5.45. The van der Waals surface area contributed by atoms with Crippen LogP contribution in [0, 0.1) is 12.8 Å². The van der Waals surface area contributed by atoms with E-state index in [1.54, 1.807) is 23.1 Å². The zero-order chi connectivity index (χ0) is 22.3. The molecule has 1 atom stereocenters. The minimum Gasteiger partial charge on any atom is -0.354 e. The number of amides is 2. The van der Waals surface area contributed by atoms with Gasteiger partial charge in [-0.05, 0) is 42.5 Å². The molecular weight excluding hydrogens is 419 g/mol. The van der Waals surface area contributed by atoms with Crippen molar-refractivity contribution in [1.29, 1.82) is 0 Å². The van der Waals surface area contributed by atoms with Crippen molar-refractivity contribution in [2.75, 3.05) is 6.54 Å². The van der Waals surface area contributed by atoms with E-state index < -0.39 is 6.04 Å². The summed E-state index contributed by atoms with van der Waals surface area (Å²) in [5, 5.41) is 3.97. The number of aryl methyl sites for hydroxylation is 1. The van der Waals surface area contributed by atoms with Gasteiger partial charge in [0.25, 0.3) is 0 Å². The molecule has 0 aliphatic rings. The van der Waals surface area contributed by atoms with Gasteiger partial charge in [-0.3, -0.25) is 9.59 Å². The van der Waals surface area contributed by atoms with Gasteiger partial charge in [0.05, 0.1) is 6.42 Å². The molecule has 2 aromatic carbocycles. The Morgan fingerprint density at radius 2 is 1.83 bits per heavy atom. The molecule has 0 aliphatic heterocycles. The summed E-state index contributed by atoms with van der Waals surface area (Å²) in [5.41, 5.74) is 2.77. The van der Waals surface area contributed by atoms with Gasteiger partial charge in [0, 0.05) is 23.1 Å². The molecule has 1 N–H and O–H groups in total. The SMILES string of the molecule is CC[C@@H](C(=O)NCC(C)C)N(Cc1ccc(Cl)cc1Cl)C(=O)Cc1cccc(C)c1. The first-order valence-corrected chi connectivity index (χ1v) is 11.0. The van der Waals surface area contributed by atoms with Crippen LogP contribution < -0.4 is 5.32 Å². The van der Waals surface area contributed by atoms with Crippen LogP contribution in [0.15, 0.2) is 42.5 Å². The summed E-state index contributed by atoms with van der Waals surface area (Å²) in [7, 11) is 0. The number of rotatable bonds is 9. The molecule has 2 amide bonds. The van der Waals surface area contributed by atoms with Crippen LogP contribution in [0.2, 0.25) is 10.0 Å². The number of hydrogen-bond acceptors (Lipinski definition) is 2. The highest BCUT2D eigenvalue weighted by Gasteiger charge is 2.29. The predicted octanol–water partition coefficient (Wildman–Crippen LogP) is 5.42. The van der Waals surface area contributed by atoms with Crippen LogP contribution in [0.4, 0.5) is 0 Å². The van der Waals surface area contributed by atoms with Crippen LogP contribution in [0.25, 0.3) is 0 Å². The van der Waals surface area contributed by atoms with Crippen LogP contribution in [0.3, 0.4) is 0 Å². The fourth-order valence-corrected chi connectivity index (χ4v) is 3.74. The number of benzene rings is 2. The Morgan fingerprint density at radius 1 is 1.10 bits per heavy atom. The summed E-state index contributed by atoms with van der Waals surface area (Å²) >= 11 is 12.4. The molecule has 0 unspecified atom stereocenters. The highest BCUT2D eigenvalue weighted by atomic mass is 35.5. The molecular formula is C24H30Cl2N2O2. The molecule has 6 heteroatoms. The second-order valence-electron chi connectivity index (χ2n) is 7.99. The molecule has 0 aromatic heterocycles. The van der Waals surface area contributed by atoms with E-state index in [9.17, 15) is 9.59 Å². The van der Waals surface area contributed by atoms with Crippen molar-refractivity contribution in [3.05, 3.63) is 69.2 Å². The fraction of sp³-hybridized carbons (Fsp3) is 0.417. The van der Waals surface area contributed by atoms with Gasteiger partial charge in [0.1, 0.15) is 6.04 Å². The van der Waals surface area contributed by atoms with E-state index in [1.807, 2.05) is 52.0 Å². The standard InChI is InChI=1S/C24H30Cl2N2O2/c1-5-22(24(30)27-14-16(2)3)28(15-19-9-10-20(25)13-21(19)26)23(29)12-18-8-6-7-17(4)11-18/h6-11,13,16,22H,5,12,14-15H2,1-4H3,(H,27,30)/t22-/m0/s1. The summed E-state index contributed by atoms with van der Waals surface area (Å²) in [6.07, 6.45) is 0.732. The Labute approximate surface area is 189 Å². The Morgan fingerprint density at radius 3 is 2.43 bits per heavy atom. The van der Waals surface area contributed by atoms with Crippen LogP contribution in [0.1, 0.15) is 43.9 Å². The predicted molar refractivity (Wildman–Crippen MR) is 124 cm³/mol. The first-order chi connectivity index (χ1) is 14.2. The zero-order valence-electron chi connectivity index (χ0n) is 18.0. The van der Waals surface area contributed by atoms with E-state index in [0.29, 0.717) is 28.9 Å². The molecule has 4 nitrogen and oxygen atoms in total. The Hall–Kier alpha value is -2.04. The molecule has 0 heterocycles. The maximum Gasteiger partial charge on any atom is 0.242 e. The van der Waals surface area contributed by atoms with Crippen molar-refractivity contribution >= 4 is 35.0 Å². The van der Waals surface area contributed by atoms with Gasteiger partial charge in [-0.25, -0.2) is 0 Å². The van der Waals surface area contributed by atoms with Crippen molar-refractivity contribution in [2.45, 2.75) is 53.1 Å². The van der Waals surface area contributed by atoms with E-state index in [4.69, 9.17) is 23.2 Å². The summed E-state index contributed by atoms with van der Waals surface area (Å²) in [6.45, 7) is 8.79. The van der Waals surface area contributed by atoms with E-state index in [2.05, 4.69) is 5.32 Å². The smallest absolute Gasteiger partial charge is 0.242 e. The summed E-state index contributed by atoms with van der Waals surface area (Å²) in [6, 6.07) is 12.5. The second kappa shape index (κ2) is 11.4. The lowest BCUT2D eigenvalue weighted by Gasteiger charge is -2.31. The van der Waals surface area contributed by atoms with Crippen LogP contribution in [-0.4, -0.2) is 29.3 Å². The minimum atomic E-state index is -0.576. The van der Waals surface area contributed by atoms with E-state index in [1.165, 1.54) is 0 Å². The number of nitrogens with zero attached hydrogens (tertiary/aromatic N) is 1. The van der Waals surface area contributed by atoms with Crippen LogP contribution >= 0.6 is 23.2 Å². The van der Waals surface area contributed by atoms with Gasteiger partial charge in [-0.15, -0.1) is 0 Å². The maximum atomic E-state index is 13.3. The molecule has 2 rings (SSSR count). The molecule has 162 valence electrons. The van der Waals surface area contributed by atoms with E-state index in [0.717, 1.165) is 16.7 Å². The average molecular weight is 449 g/mol. The normalized spacial score (nSPS) is 12.0. The Kier molecular flexibility index (Phi) is 9.19. The number of nitrogens with one attached hydrogen (secondary N) is 1. The molecule has 0 fully saturated rings. The van der Waals surface area contributed by atoms with Crippen LogP contribution in [-0.2, 0) is 22.6 Å². The quantitative estimate of drug-likeness (QED) is 0.556. The Balaban J connectivity index is 2.31. The van der Waals surface area contributed by atoms with E-state index in [-0.39, 0.29) is 24.8 Å². The molecule has 2 aromatic rings. The number of carbonyl (C=O) groups excluding carboxylic acids is 2. The molecule has 0 radical (unpaired) electrons. The maximum absolute atomic E-state index is 13.3. The van der Waals surface area contributed by atoms with Gasteiger partial charge >= 0.3 is 0 Å². The minimum absolute atomic E-state index is 0.113. The molecule has 0 saturated carbocycles. The van der Waals surface area contributed by atoms with Crippen molar-refractivity contribution < 1.29 is 9.59 Å². The largest absolute Gasteiger partial charge is 0.354 e. The molecule has 0 bridgehead atoms. The van der Waals surface area contributed by atoms with Crippen LogP contribution in [0.5, 0.6) is 0 Å². The summed E-state index contributed by atoms with van der Waals surface area (Å²) < 4.78 is 0. The average Bonchev–Trinajstić information content (AvgIpc) is 2.67. The van der Waals surface area contributed by atoms with Gasteiger partial charge in [-0.2, -0.15) is 0 Å². The zero-order valence-corrected chi connectivity index (χ0v) is 19.6. The number of halogens is 2. The topological polar surface area (TPSA) is 49.4 Å². The lowest BCUT2D eigenvalue weighted by atomic mass is 10.0. The first-order valence-electron chi connectivity index (χ1n) is 10.3. The summed E-state index contributed by atoms with van der Waals surface area (Å²) in [5.74, 6) is 0.0700.